The average Bonchev–Trinajstić information content (AvgIpc) is 2.21. The van der Waals surface area contributed by atoms with E-state index in [1.807, 2.05) is 0 Å². The molecule has 1 saturated heterocycles. The Morgan fingerprint density at radius 1 is 1.73 bits per heavy atom. The quantitative estimate of drug-likeness (QED) is 0.665. The van der Waals surface area contributed by atoms with E-state index < -0.39 is 12.1 Å². The van der Waals surface area contributed by atoms with Crippen LogP contribution in [0.3, 0.4) is 0 Å². The van der Waals surface area contributed by atoms with Crippen molar-refractivity contribution in [2.75, 3.05) is 13.2 Å². The molecule has 0 spiro atoms. The number of hydrogen-bond acceptors (Lipinski definition) is 4. The fourth-order valence-electron chi connectivity index (χ4n) is 1.70. The summed E-state index contributed by atoms with van der Waals surface area (Å²) in [5, 5.41) is 0. The SMILES string of the molecule is CCOC(=O)[C@H](C)N1CCC[C@@H](N)C1=O. The molecule has 1 rings (SSSR count). The minimum absolute atomic E-state index is 0.151. The number of hydrogen-bond donors (Lipinski definition) is 1. The normalized spacial score (nSPS) is 23.8. The first-order valence-electron chi connectivity index (χ1n) is 5.30. The van der Waals surface area contributed by atoms with Gasteiger partial charge in [0.2, 0.25) is 5.91 Å². The molecule has 1 aliphatic rings. The van der Waals surface area contributed by atoms with Gasteiger partial charge in [0.1, 0.15) is 6.04 Å². The number of amides is 1. The lowest BCUT2D eigenvalue weighted by Crippen LogP contribution is -2.54. The lowest BCUT2D eigenvalue weighted by atomic mass is 10.0. The summed E-state index contributed by atoms with van der Waals surface area (Å²) in [6.45, 7) is 4.34. The molecule has 0 unspecified atom stereocenters. The van der Waals surface area contributed by atoms with Crippen LogP contribution in [0.2, 0.25) is 0 Å². The molecule has 15 heavy (non-hydrogen) atoms. The minimum atomic E-state index is -0.524. The van der Waals surface area contributed by atoms with Gasteiger partial charge < -0.3 is 15.4 Å². The lowest BCUT2D eigenvalue weighted by molar-refractivity contribution is -0.155. The molecule has 0 aromatic heterocycles. The highest BCUT2D eigenvalue weighted by atomic mass is 16.5. The molecule has 0 radical (unpaired) electrons. The number of carbonyl (C=O) groups excluding carboxylic acids is 2. The molecule has 0 aromatic rings. The third-order valence-corrected chi connectivity index (χ3v) is 2.61. The summed E-state index contributed by atoms with van der Waals surface area (Å²) < 4.78 is 4.87. The standard InChI is InChI=1S/C10H18N2O3/c1-3-15-10(14)7(2)12-6-4-5-8(11)9(12)13/h7-8H,3-6,11H2,1-2H3/t7-,8+/m0/s1. The van der Waals surface area contributed by atoms with Crippen molar-refractivity contribution in [2.24, 2.45) is 5.73 Å². The van der Waals surface area contributed by atoms with E-state index in [0.29, 0.717) is 19.6 Å². The predicted octanol–water partition coefficient (Wildman–Crippen LogP) is -0.112. The second-order valence-electron chi connectivity index (χ2n) is 3.71. The van der Waals surface area contributed by atoms with Gasteiger partial charge in [0, 0.05) is 6.54 Å². The fraction of sp³-hybridized carbons (Fsp3) is 0.800. The van der Waals surface area contributed by atoms with Gasteiger partial charge in [-0.3, -0.25) is 4.79 Å². The van der Waals surface area contributed by atoms with Crippen LogP contribution >= 0.6 is 0 Å². The van der Waals surface area contributed by atoms with Crippen LogP contribution in [0, 0.1) is 0 Å². The number of esters is 1. The molecule has 0 saturated carbocycles. The number of nitrogens with two attached hydrogens (primary N) is 1. The van der Waals surface area contributed by atoms with Crippen molar-refractivity contribution in [3.8, 4) is 0 Å². The summed E-state index contributed by atoms with van der Waals surface area (Å²) in [5.41, 5.74) is 5.64. The van der Waals surface area contributed by atoms with E-state index in [0.717, 1.165) is 6.42 Å². The Morgan fingerprint density at radius 3 is 3.00 bits per heavy atom. The van der Waals surface area contributed by atoms with Gasteiger partial charge in [-0.25, -0.2) is 4.79 Å². The van der Waals surface area contributed by atoms with Crippen LogP contribution in [-0.2, 0) is 14.3 Å². The van der Waals surface area contributed by atoms with E-state index in [4.69, 9.17) is 10.5 Å². The second-order valence-corrected chi connectivity index (χ2v) is 3.71. The summed E-state index contributed by atoms with van der Waals surface area (Å²) in [7, 11) is 0. The summed E-state index contributed by atoms with van der Waals surface area (Å²) >= 11 is 0. The smallest absolute Gasteiger partial charge is 0.328 e. The van der Waals surface area contributed by atoms with Crippen LogP contribution in [0.15, 0.2) is 0 Å². The van der Waals surface area contributed by atoms with E-state index in [9.17, 15) is 9.59 Å². The van der Waals surface area contributed by atoms with Crippen molar-refractivity contribution >= 4 is 11.9 Å². The molecule has 0 aliphatic carbocycles. The Bertz CT molecular complexity index is 255. The van der Waals surface area contributed by atoms with Crippen molar-refractivity contribution in [2.45, 2.75) is 38.8 Å². The number of carbonyl (C=O) groups is 2. The van der Waals surface area contributed by atoms with Gasteiger partial charge in [-0.15, -0.1) is 0 Å². The Balaban J connectivity index is 2.61. The number of nitrogens with zero attached hydrogens (tertiary/aromatic N) is 1. The third-order valence-electron chi connectivity index (χ3n) is 2.61. The molecule has 86 valence electrons. The van der Waals surface area contributed by atoms with Crippen LogP contribution in [0.25, 0.3) is 0 Å². The van der Waals surface area contributed by atoms with Crippen molar-refractivity contribution in [1.82, 2.24) is 4.90 Å². The topological polar surface area (TPSA) is 72.6 Å². The van der Waals surface area contributed by atoms with E-state index in [1.54, 1.807) is 13.8 Å². The molecule has 1 fully saturated rings. The second kappa shape index (κ2) is 5.11. The molecule has 1 amide bonds. The molecule has 2 N–H and O–H groups in total. The number of rotatable bonds is 3. The zero-order valence-corrected chi connectivity index (χ0v) is 9.23. The van der Waals surface area contributed by atoms with Gasteiger partial charge in [0.05, 0.1) is 12.6 Å². The van der Waals surface area contributed by atoms with E-state index >= 15 is 0 Å². The van der Waals surface area contributed by atoms with Crippen LogP contribution < -0.4 is 5.73 Å². The molecule has 1 aliphatic heterocycles. The van der Waals surface area contributed by atoms with Gasteiger partial charge >= 0.3 is 5.97 Å². The summed E-state index contributed by atoms with van der Waals surface area (Å²) in [5.74, 6) is -0.512. The van der Waals surface area contributed by atoms with E-state index in [1.165, 1.54) is 4.90 Å². The first-order valence-corrected chi connectivity index (χ1v) is 5.30. The monoisotopic (exact) mass is 214 g/mol. The van der Waals surface area contributed by atoms with Gasteiger partial charge in [-0.2, -0.15) is 0 Å². The maximum absolute atomic E-state index is 11.7. The molecule has 0 aromatic carbocycles. The minimum Gasteiger partial charge on any atom is -0.464 e. The number of piperidine rings is 1. The zero-order valence-electron chi connectivity index (χ0n) is 9.23. The van der Waals surface area contributed by atoms with E-state index in [-0.39, 0.29) is 11.9 Å². The number of likely N-dealkylation sites (tertiary alicyclic amines) is 1. The maximum Gasteiger partial charge on any atom is 0.328 e. The summed E-state index contributed by atoms with van der Waals surface area (Å²) in [6, 6.07) is -0.987. The Kier molecular flexibility index (Phi) is 4.08. The highest BCUT2D eigenvalue weighted by molar-refractivity contribution is 5.87. The van der Waals surface area contributed by atoms with Crippen LogP contribution in [0.4, 0.5) is 0 Å². The highest BCUT2D eigenvalue weighted by Crippen LogP contribution is 2.13. The average molecular weight is 214 g/mol. The molecular weight excluding hydrogens is 196 g/mol. The zero-order chi connectivity index (χ0) is 11.4. The van der Waals surface area contributed by atoms with E-state index in [2.05, 4.69) is 0 Å². The largest absolute Gasteiger partial charge is 0.464 e. The Labute approximate surface area is 89.6 Å². The first-order chi connectivity index (χ1) is 7.07. The number of ether oxygens (including phenoxy) is 1. The van der Waals surface area contributed by atoms with Crippen molar-refractivity contribution in [1.29, 1.82) is 0 Å². The Hall–Kier alpha value is -1.10. The van der Waals surface area contributed by atoms with Gasteiger partial charge in [-0.05, 0) is 26.7 Å². The van der Waals surface area contributed by atoms with Crippen molar-refractivity contribution < 1.29 is 14.3 Å². The molecule has 2 atom stereocenters. The van der Waals surface area contributed by atoms with Crippen LogP contribution in [0.1, 0.15) is 26.7 Å². The van der Waals surface area contributed by atoms with Gasteiger partial charge in [0.25, 0.3) is 0 Å². The molecule has 1 heterocycles. The third kappa shape index (κ3) is 2.68. The lowest BCUT2D eigenvalue weighted by Gasteiger charge is -2.33. The van der Waals surface area contributed by atoms with Crippen molar-refractivity contribution in [3.05, 3.63) is 0 Å². The van der Waals surface area contributed by atoms with Gasteiger partial charge in [-0.1, -0.05) is 0 Å². The molecular formula is C10H18N2O3. The summed E-state index contributed by atoms with van der Waals surface area (Å²) in [6.07, 6.45) is 1.54. The predicted molar refractivity (Wildman–Crippen MR) is 55.0 cm³/mol. The van der Waals surface area contributed by atoms with Gasteiger partial charge in [0.15, 0.2) is 0 Å². The molecule has 5 nitrogen and oxygen atoms in total. The van der Waals surface area contributed by atoms with Crippen LogP contribution in [-0.4, -0.2) is 42.0 Å². The van der Waals surface area contributed by atoms with Crippen molar-refractivity contribution in [3.63, 3.8) is 0 Å². The maximum atomic E-state index is 11.7. The molecule has 0 bridgehead atoms. The highest BCUT2D eigenvalue weighted by Gasteiger charge is 2.32. The summed E-state index contributed by atoms with van der Waals surface area (Å²) in [4.78, 5) is 24.6. The first kappa shape index (κ1) is 12.0. The molecule has 5 heteroatoms. The van der Waals surface area contributed by atoms with Crippen LogP contribution in [0.5, 0.6) is 0 Å². The fourth-order valence-corrected chi connectivity index (χ4v) is 1.70. The Morgan fingerprint density at radius 2 is 2.40 bits per heavy atom.